The Bertz CT molecular complexity index is 977. The van der Waals surface area contributed by atoms with E-state index in [-0.39, 0.29) is 30.7 Å². The second kappa shape index (κ2) is 10.6. The number of aromatic nitrogens is 1. The zero-order valence-corrected chi connectivity index (χ0v) is 18.7. The molecule has 2 unspecified atom stereocenters. The summed E-state index contributed by atoms with van der Waals surface area (Å²) >= 11 is 0. The quantitative estimate of drug-likeness (QED) is 0.606. The SMILES string of the molecule is COC(=O)N1CCC(Oc2cncc(C(=O)NCC(O)C3Cc4ccccc4CN3)c2)CC1. The maximum Gasteiger partial charge on any atom is 0.409 e. The number of methoxy groups -OCH3 is 1. The molecule has 0 bridgehead atoms. The van der Waals surface area contributed by atoms with Crippen molar-refractivity contribution in [3.05, 3.63) is 59.4 Å². The predicted molar refractivity (Wildman–Crippen MR) is 121 cm³/mol. The largest absolute Gasteiger partial charge is 0.489 e. The lowest BCUT2D eigenvalue weighted by atomic mass is 9.93. The Morgan fingerprint density at radius 2 is 2.00 bits per heavy atom. The number of likely N-dealkylation sites (tertiary alicyclic amines) is 1. The lowest BCUT2D eigenvalue weighted by Crippen LogP contribution is -2.49. The van der Waals surface area contributed by atoms with Gasteiger partial charge < -0.3 is 30.1 Å². The van der Waals surface area contributed by atoms with Gasteiger partial charge in [-0.1, -0.05) is 24.3 Å². The molecule has 0 saturated carbocycles. The highest BCUT2D eigenvalue weighted by molar-refractivity contribution is 5.94. The highest BCUT2D eigenvalue weighted by Gasteiger charge is 2.26. The van der Waals surface area contributed by atoms with Gasteiger partial charge in [-0.3, -0.25) is 9.78 Å². The van der Waals surface area contributed by atoms with E-state index in [1.54, 1.807) is 17.2 Å². The Kier molecular flexibility index (Phi) is 7.41. The zero-order valence-electron chi connectivity index (χ0n) is 18.7. The highest BCUT2D eigenvalue weighted by atomic mass is 16.5. The number of aliphatic hydroxyl groups excluding tert-OH is 1. The first-order valence-electron chi connectivity index (χ1n) is 11.2. The molecule has 3 heterocycles. The van der Waals surface area contributed by atoms with E-state index in [2.05, 4.69) is 27.8 Å². The Hall–Kier alpha value is -3.17. The van der Waals surface area contributed by atoms with Crippen LogP contribution in [0.5, 0.6) is 5.75 Å². The number of rotatable bonds is 6. The molecule has 2 amide bonds. The molecule has 1 fully saturated rings. The van der Waals surface area contributed by atoms with Crippen LogP contribution >= 0.6 is 0 Å². The minimum Gasteiger partial charge on any atom is -0.489 e. The molecule has 9 heteroatoms. The van der Waals surface area contributed by atoms with Crippen molar-refractivity contribution in [3.63, 3.8) is 0 Å². The molecule has 2 aromatic rings. The van der Waals surface area contributed by atoms with Gasteiger partial charge in [-0.05, 0) is 23.6 Å². The average Bonchev–Trinajstić information content (AvgIpc) is 2.87. The van der Waals surface area contributed by atoms with E-state index in [0.29, 0.717) is 50.2 Å². The van der Waals surface area contributed by atoms with Gasteiger partial charge in [0.2, 0.25) is 0 Å². The summed E-state index contributed by atoms with van der Waals surface area (Å²) in [7, 11) is 1.37. The average molecular weight is 455 g/mol. The van der Waals surface area contributed by atoms with Crippen molar-refractivity contribution < 1.29 is 24.2 Å². The maximum atomic E-state index is 12.6. The van der Waals surface area contributed by atoms with Crippen LogP contribution < -0.4 is 15.4 Å². The smallest absolute Gasteiger partial charge is 0.409 e. The Morgan fingerprint density at radius 3 is 2.76 bits per heavy atom. The van der Waals surface area contributed by atoms with Gasteiger partial charge in [0.15, 0.2) is 0 Å². The normalized spacial score (nSPS) is 19.3. The Morgan fingerprint density at radius 1 is 1.24 bits per heavy atom. The Balaban J connectivity index is 1.26. The Labute approximate surface area is 193 Å². The molecule has 2 atom stereocenters. The third kappa shape index (κ3) is 5.80. The number of hydrogen-bond donors (Lipinski definition) is 3. The molecule has 0 aliphatic carbocycles. The van der Waals surface area contributed by atoms with Crippen LogP contribution in [-0.4, -0.2) is 72.0 Å². The van der Waals surface area contributed by atoms with Crippen LogP contribution in [0.3, 0.4) is 0 Å². The highest BCUT2D eigenvalue weighted by Crippen LogP contribution is 2.20. The first-order valence-corrected chi connectivity index (χ1v) is 11.2. The van der Waals surface area contributed by atoms with E-state index in [1.807, 2.05) is 12.1 Å². The van der Waals surface area contributed by atoms with Crippen LogP contribution in [0.1, 0.15) is 34.3 Å². The standard InChI is InChI=1S/C24H30N4O5/c1-32-24(31)28-8-6-19(7-9-28)33-20-10-18(12-25-14-20)23(30)27-15-22(29)21-11-16-4-2-3-5-17(16)13-26-21/h2-5,10,12,14,19,21-22,26,29H,6-9,11,13,15H2,1H3,(H,27,30). The summed E-state index contributed by atoms with van der Waals surface area (Å²) in [4.78, 5) is 30.0. The second-order valence-electron chi connectivity index (χ2n) is 8.42. The van der Waals surface area contributed by atoms with E-state index in [0.717, 1.165) is 0 Å². The van der Waals surface area contributed by atoms with Crippen molar-refractivity contribution in [3.8, 4) is 5.75 Å². The van der Waals surface area contributed by atoms with Crippen LogP contribution in [-0.2, 0) is 17.7 Å². The van der Waals surface area contributed by atoms with Crippen molar-refractivity contribution >= 4 is 12.0 Å². The summed E-state index contributed by atoms with van der Waals surface area (Å²) in [5.41, 5.74) is 2.83. The summed E-state index contributed by atoms with van der Waals surface area (Å²) in [5.74, 6) is 0.189. The summed E-state index contributed by atoms with van der Waals surface area (Å²) in [6, 6.07) is 9.69. The molecular weight excluding hydrogens is 424 g/mol. The van der Waals surface area contributed by atoms with Crippen molar-refractivity contribution in [1.82, 2.24) is 20.5 Å². The van der Waals surface area contributed by atoms with E-state index in [1.165, 1.54) is 24.4 Å². The lowest BCUT2D eigenvalue weighted by Gasteiger charge is -2.31. The van der Waals surface area contributed by atoms with Gasteiger partial charge in [-0.25, -0.2) is 4.79 Å². The fourth-order valence-electron chi connectivity index (χ4n) is 4.28. The number of ether oxygens (including phenoxy) is 2. The van der Waals surface area contributed by atoms with E-state index < -0.39 is 6.10 Å². The molecular formula is C24H30N4O5. The van der Waals surface area contributed by atoms with Gasteiger partial charge in [0.25, 0.3) is 5.91 Å². The molecule has 3 N–H and O–H groups in total. The number of pyridine rings is 1. The topological polar surface area (TPSA) is 113 Å². The van der Waals surface area contributed by atoms with Crippen LogP contribution in [0, 0.1) is 0 Å². The maximum absolute atomic E-state index is 12.6. The van der Waals surface area contributed by atoms with Gasteiger partial charge in [0.05, 0.1) is 25.0 Å². The number of nitrogens with zero attached hydrogens (tertiary/aromatic N) is 2. The molecule has 33 heavy (non-hydrogen) atoms. The van der Waals surface area contributed by atoms with E-state index in [9.17, 15) is 14.7 Å². The van der Waals surface area contributed by atoms with Crippen LogP contribution in [0.15, 0.2) is 42.7 Å². The molecule has 1 saturated heterocycles. The molecule has 1 aromatic carbocycles. The van der Waals surface area contributed by atoms with Gasteiger partial charge >= 0.3 is 6.09 Å². The first-order chi connectivity index (χ1) is 16.0. The van der Waals surface area contributed by atoms with Gasteiger partial charge in [0.1, 0.15) is 11.9 Å². The third-order valence-corrected chi connectivity index (χ3v) is 6.20. The van der Waals surface area contributed by atoms with Gasteiger partial charge in [-0.15, -0.1) is 0 Å². The molecule has 2 aliphatic rings. The number of nitrogens with one attached hydrogen (secondary N) is 2. The van der Waals surface area contributed by atoms with Crippen molar-refractivity contribution in [1.29, 1.82) is 0 Å². The van der Waals surface area contributed by atoms with Crippen molar-refractivity contribution in [2.24, 2.45) is 0 Å². The minimum atomic E-state index is -0.713. The number of fused-ring (bicyclic) bond motifs is 1. The number of piperidine rings is 1. The van der Waals surface area contributed by atoms with Crippen LogP contribution in [0.25, 0.3) is 0 Å². The fourth-order valence-corrected chi connectivity index (χ4v) is 4.28. The van der Waals surface area contributed by atoms with E-state index in [4.69, 9.17) is 9.47 Å². The predicted octanol–water partition coefficient (Wildman–Crippen LogP) is 1.50. The first kappa shape index (κ1) is 23.0. The molecule has 1 aromatic heterocycles. The number of aliphatic hydroxyl groups is 1. The summed E-state index contributed by atoms with van der Waals surface area (Å²) in [6.07, 6.45) is 4.01. The van der Waals surface area contributed by atoms with Crippen molar-refractivity contribution in [2.45, 2.75) is 44.1 Å². The van der Waals surface area contributed by atoms with E-state index >= 15 is 0 Å². The number of hydrogen-bond acceptors (Lipinski definition) is 7. The minimum absolute atomic E-state index is 0.0620. The number of carbonyl (C=O) groups is 2. The summed E-state index contributed by atoms with van der Waals surface area (Å²) in [6.45, 7) is 1.95. The lowest BCUT2D eigenvalue weighted by molar-refractivity contribution is 0.0784. The fraction of sp³-hybridized carbons (Fsp3) is 0.458. The number of benzene rings is 1. The number of carbonyl (C=O) groups excluding carboxylic acids is 2. The van der Waals surface area contributed by atoms with Crippen LogP contribution in [0.4, 0.5) is 4.79 Å². The number of amides is 2. The molecule has 0 radical (unpaired) electrons. The second-order valence-corrected chi connectivity index (χ2v) is 8.42. The molecule has 4 rings (SSSR count). The zero-order chi connectivity index (χ0) is 23.2. The van der Waals surface area contributed by atoms with Gasteiger partial charge in [-0.2, -0.15) is 0 Å². The van der Waals surface area contributed by atoms with Gasteiger partial charge in [0, 0.05) is 51.3 Å². The monoisotopic (exact) mass is 454 g/mol. The molecule has 0 spiro atoms. The molecule has 9 nitrogen and oxygen atoms in total. The van der Waals surface area contributed by atoms with Crippen molar-refractivity contribution in [2.75, 3.05) is 26.7 Å². The van der Waals surface area contributed by atoms with Crippen LogP contribution in [0.2, 0.25) is 0 Å². The summed E-state index contributed by atoms with van der Waals surface area (Å²) in [5, 5.41) is 16.7. The summed E-state index contributed by atoms with van der Waals surface area (Å²) < 4.78 is 10.7. The molecule has 2 aliphatic heterocycles. The third-order valence-electron chi connectivity index (χ3n) is 6.20. The molecule has 176 valence electrons.